The monoisotopic (exact) mass is 245 g/mol. The summed E-state index contributed by atoms with van der Waals surface area (Å²) in [5.74, 6) is 0.343. The lowest BCUT2D eigenvalue weighted by atomic mass is 10.1. The first-order valence-corrected chi connectivity index (χ1v) is 6.65. The van der Waals surface area contributed by atoms with Crippen molar-refractivity contribution in [3.05, 3.63) is 52.5 Å². The highest BCUT2D eigenvalue weighted by molar-refractivity contribution is 7.09. The summed E-state index contributed by atoms with van der Waals surface area (Å²) in [4.78, 5) is 17.0. The van der Waals surface area contributed by atoms with Gasteiger partial charge in [-0.05, 0) is 42.0 Å². The minimum absolute atomic E-state index is 0.343. The lowest BCUT2D eigenvalue weighted by Gasteiger charge is -2.00. The molecule has 2 rings (SSSR count). The average molecular weight is 245 g/mol. The van der Waals surface area contributed by atoms with Crippen molar-refractivity contribution in [2.24, 2.45) is 0 Å². The average Bonchev–Trinajstić information content (AvgIpc) is 2.88. The van der Waals surface area contributed by atoms with E-state index in [0.29, 0.717) is 18.6 Å². The molecule has 0 saturated heterocycles. The lowest BCUT2D eigenvalue weighted by molar-refractivity contribution is -0.119. The quantitative estimate of drug-likeness (QED) is 0.781. The molecular formula is C14H15NOS. The zero-order chi connectivity index (χ0) is 11.9. The number of pyridine rings is 1. The number of aryl methyl sites for hydroxylation is 2. The molecule has 0 aliphatic heterocycles. The maximum Gasteiger partial charge on any atom is 0.133 e. The second-order valence-electron chi connectivity index (χ2n) is 3.97. The summed E-state index contributed by atoms with van der Waals surface area (Å²) in [6.45, 7) is 0. The van der Waals surface area contributed by atoms with Crippen LogP contribution in [0.3, 0.4) is 0 Å². The SMILES string of the molecule is O=C(CCc1ccncc1)CCc1cccs1. The third-order valence-electron chi connectivity index (χ3n) is 2.67. The van der Waals surface area contributed by atoms with Gasteiger partial charge in [0.25, 0.3) is 0 Å². The van der Waals surface area contributed by atoms with Gasteiger partial charge in [-0.2, -0.15) is 0 Å². The molecule has 2 aromatic heterocycles. The number of hydrogen-bond donors (Lipinski definition) is 0. The van der Waals surface area contributed by atoms with Gasteiger partial charge in [-0.25, -0.2) is 0 Å². The van der Waals surface area contributed by atoms with Crippen molar-refractivity contribution in [1.82, 2.24) is 4.98 Å². The fourth-order valence-corrected chi connectivity index (χ4v) is 2.38. The third kappa shape index (κ3) is 4.11. The molecule has 2 nitrogen and oxygen atoms in total. The largest absolute Gasteiger partial charge is 0.300 e. The molecule has 0 bridgehead atoms. The van der Waals surface area contributed by atoms with E-state index in [1.54, 1.807) is 23.7 Å². The van der Waals surface area contributed by atoms with Crippen LogP contribution in [-0.4, -0.2) is 10.8 Å². The number of hydrogen-bond acceptors (Lipinski definition) is 3. The normalized spacial score (nSPS) is 10.4. The summed E-state index contributed by atoms with van der Waals surface area (Å²) in [5.41, 5.74) is 1.18. The van der Waals surface area contributed by atoms with Crippen LogP contribution >= 0.6 is 11.3 Å². The highest BCUT2D eigenvalue weighted by atomic mass is 32.1. The number of carbonyl (C=O) groups is 1. The van der Waals surface area contributed by atoms with Crippen molar-refractivity contribution in [3.63, 3.8) is 0 Å². The van der Waals surface area contributed by atoms with E-state index < -0.39 is 0 Å². The van der Waals surface area contributed by atoms with Crippen LogP contribution in [-0.2, 0) is 17.6 Å². The van der Waals surface area contributed by atoms with E-state index in [4.69, 9.17) is 0 Å². The standard InChI is InChI=1S/C14H15NOS/c16-13(5-6-14-2-1-11-17-14)4-3-12-7-9-15-10-8-12/h1-2,7-11H,3-6H2. The third-order valence-corrected chi connectivity index (χ3v) is 3.61. The van der Waals surface area contributed by atoms with Crippen LogP contribution in [0.15, 0.2) is 42.0 Å². The number of aromatic nitrogens is 1. The maximum absolute atomic E-state index is 11.7. The van der Waals surface area contributed by atoms with Gasteiger partial charge in [-0.3, -0.25) is 9.78 Å². The molecule has 3 heteroatoms. The van der Waals surface area contributed by atoms with Gasteiger partial charge < -0.3 is 0 Å². The topological polar surface area (TPSA) is 30.0 Å². The van der Waals surface area contributed by atoms with E-state index >= 15 is 0 Å². The molecule has 88 valence electrons. The van der Waals surface area contributed by atoms with Crippen molar-refractivity contribution in [2.75, 3.05) is 0 Å². The van der Waals surface area contributed by atoms with Crippen molar-refractivity contribution in [3.8, 4) is 0 Å². The highest BCUT2D eigenvalue weighted by Crippen LogP contribution is 2.12. The van der Waals surface area contributed by atoms with E-state index in [2.05, 4.69) is 16.4 Å². The molecule has 0 aliphatic carbocycles. The van der Waals surface area contributed by atoms with Crippen molar-refractivity contribution in [1.29, 1.82) is 0 Å². The number of Topliss-reactive ketones (excluding diaryl/α,β-unsaturated/α-hetero) is 1. The Labute approximate surface area is 105 Å². The van der Waals surface area contributed by atoms with Gasteiger partial charge in [0.15, 0.2) is 0 Å². The zero-order valence-electron chi connectivity index (χ0n) is 9.63. The van der Waals surface area contributed by atoms with E-state index in [1.807, 2.05) is 18.2 Å². The van der Waals surface area contributed by atoms with E-state index in [-0.39, 0.29) is 0 Å². The van der Waals surface area contributed by atoms with Crippen LogP contribution in [0.4, 0.5) is 0 Å². The Morgan fingerprint density at radius 1 is 1.12 bits per heavy atom. The van der Waals surface area contributed by atoms with Gasteiger partial charge in [-0.1, -0.05) is 6.07 Å². The number of thiophene rings is 1. The minimum atomic E-state index is 0.343. The van der Waals surface area contributed by atoms with Gasteiger partial charge in [0.1, 0.15) is 5.78 Å². The van der Waals surface area contributed by atoms with E-state index in [1.165, 1.54) is 10.4 Å². The number of rotatable bonds is 6. The highest BCUT2D eigenvalue weighted by Gasteiger charge is 2.04. The van der Waals surface area contributed by atoms with E-state index in [0.717, 1.165) is 12.8 Å². The van der Waals surface area contributed by atoms with Crippen molar-refractivity contribution in [2.45, 2.75) is 25.7 Å². The molecule has 0 aromatic carbocycles. The van der Waals surface area contributed by atoms with Crippen molar-refractivity contribution < 1.29 is 4.79 Å². The van der Waals surface area contributed by atoms with Crippen LogP contribution in [0.2, 0.25) is 0 Å². The van der Waals surface area contributed by atoms with Gasteiger partial charge >= 0.3 is 0 Å². The molecule has 0 fully saturated rings. The Bertz CT molecular complexity index is 450. The predicted octanol–water partition coefficient (Wildman–Crippen LogP) is 3.28. The van der Waals surface area contributed by atoms with Gasteiger partial charge in [0.2, 0.25) is 0 Å². The summed E-state index contributed by atoms with van der Waals surface area (Å²) in [6, 6.07) is 8.04. The van der Waals surface area contributed by atoms with Gasteiger partial charge in [0, 0.05) is 30.1 Å². The maximum atomic E-state index is 11.7. The first kappa shape index (κ1) is 12.0. The molecule has 2 heterocycles. The molecule has 0 spiro atoms. The Hall–Kier alpha value is -1.48. The van der Waals surface area contributed by atoms with Crippen LogP contribution in [0, 0.1) is 0 Å². The van der Waals surface area contributed by atoms with Crippen LogP contribution in [0.25, 0.3) is 0 Å². The summed E-state index contributed by atoms with van der Waals surface area (Å²) >= 11 is 1.72. The van der Waals surface area contributed by atoms with Crippen LogP contribution < -0.4 is 0 Å². The smallest absolute Gasteiger partial charge is 0.133 e. The Balaban J connectivity index is 1.71. The number of ketones is 1. The molecule has 0 atom stereocenters. The molecule has 0 saturated carbocycles. The molecule has 17 heavy (non-hydrogen) atoms. The predicted molar refractivity (Wildman–Crippen MR) is 70.2 cm³/mol. The Morgan fingerprint density at radius 3 is 2.59 bits per heavy atom. The molecular weight excluding hydrogens is 230 g/mol. The van der Waals surface area contributed by atoms with Crippen LogP contribution in [0.5, 0.6) is 0 Å². The number of carbonyl (C=O) groups excluding carboxylic acids is 1. The lowest BCUT2D eigenvalue weighted by Crippen LogP contribution is -2.01. The second-order valence-corrected chi connectivity index (χ2v) is 5.01. The molecule has 0 N–H and O–H groups in total. The summed E-state index contributed by atoms with van der Waals surface area (Å²) in [7, 11) is 0. The van der Waals surface area contributed by atoms with Crippen molar-refractivity contribution >= 4 is 17.1 Å². The Morgan fingerprint density at radius 2 is 1.88 bits per heavy atom. The molecule has 0 radical (unpaired) electrons. The molecule has 2 aromatic rings. The van der Waals surface area contributed by atoms with E-state index in [9.17, 15) is 4.79 Å². The summed E-state index contributed by atoms with van der Waals surface area (Å²) in [5, 5.41) is 2.05. The molecule has 0 unspecified atom stereocenters. The molecule has 0 amide bonds. The first-order chi connectivity index (χ1) is 8.34. The minimum Gasteiger partial charge on any atom is -0.300 e. The fourth-order valence-electron chi connectivity index (χ4n) is 1.68. The van der Waals surface area contributed by atoms with Crippen LogP contribution in [0.1, 0.15) is 23.3 Å². The number of nitrogens with zero attached hydrogens (tertiary/aromatic N) is 1. The summed E-state index contributed by atoms with van der Waals surface area (Å²) < 4.78 is 0. The Kier molecular flexibility index (Phi) is 4.45. The first-order valence-electron chi connectivity index (χ1n) is 5.77. The van der Waals surface area contributed by atoms with Gasteiger partial charge in [-0.15, -0.1) is 11.3 Å². The zero-order valence-corrected chi connectivity index (χ0v) is 10.5. The molecule has 0 aliphatic rings. The van der Waals surface area contributed by atoms with Gasteiger partial charge in [0.05, 0.1) is 0 Å². The second kappa shape index (κ2) is 6.30. The fraction of sp³-hybridized carbons (Fsp3) is 0.286. The summed E-state index contributed by atoms with van der Waals surface area (Å²) in [6.07, 6.45) is 6.54.